The van der Waals surface area contributed by atoms with Gasteiger partial charge in [0, 0.05) is 16.1 Å². The third-order valence-corrected chi connectivity index (χ3v) is 4.91. The van der Waals surface area contributed by atoms with Crippen LogP contribution in [0, 0.1) is 0 Å². The Kier molecular flexibility index (Phi) is 5.53. The third kappa shape index (κ3) is 4.38. The molecule has 3 aromatic rings. The number of halogens is 2. The van der Waals surface area contributed by atoms with Gasteiger partial charge in [-0.15, -0.1) is 0 Å². The van der Waals surface area contributed by atoms with Gasteiger partial charge in [0.1, 0.15) is 19.3 Å². The summed E-state index contributed by atoms with van der Waals surface area (Å²) in [5.41, 5.74) is 2.59. The fourth-order valence-corrected chi connectivity index (χ4v) is 3.27. The average Bonchev–Trinajstić information content (AvgIpc) is 3.52. The van der Waals surface area contributed by atoms with Crippen LogP contribution in [-0.2, 0) is 11.3 Å². The quantitative estimate of drug-likeness (QED) is 0.454. The van der Waals surface area contributed by atoms with Crippen molar-refractivity contribution in [3.63, 3.8) is 0 Å². The highest BCUT2D eigenvalue weighted by atomic mass is 35.5. The lowest BCUT2D eigenvalue weighted by molar-refractivity contribution is 0.238. The number of benzene rings is 3. The summed E-state index contributed by atoms with van der Waals surface area (Å²) in [7, 11) is 0. The second-order valence-corrected chi connectivity index (χ2v) is 7.08. The van der Waals surface area contributed by atoms with Crippen molar-refractivity contribution >= 4 is 23.2 Å². The van der Waals surface area contributed by atoms with Crippen molar-refractivity contribution in [3.05, 3.63) is 82.3 Å². The second kappa shape index (κ2) is 8.22. The van der Waals surface area contributed by atoms with Gasteiger partial charge in [-0.2, -0.15) is 0 Å². The molecule has 0 amide bonds. The highest BCUT2D eigenvalue weighted by Gasteiger charge is 2.25. The van der Waals surface area contributed by atoms with E-state index in [1.165, 1.54) is 0 Å². The SMILES string of the molecule is Clc1ccccc1-c1c(Cl)ccc(OCC2CO2)c1OCc1ccccc1. The van der Waals surface area contributed by atoms with E-state index in [0.717, 1.165) is 23.3 Å². The van der Waals surface area contributed by atoms with Gasteiger partial charge in [-0.3, -0.25) is 0 Å². The fraction of sp³-hybridized carbons (Fsp3) is 0.182. The lowest BCUT2D eigenvalue weighted by atomic mass is 10.0. The molecule has 1 aliphatic rings. The van der Waals surface area contributed by atoms with Crippen molar-refractivity contribution in [1.29, 1.82) is 0 Å². The minimum absolute atomic E-state index is 0.145. The van der Waals surface area contributed by atoms with Crippen LogP contribution in [0.4, 0.5) is 0 Å². The van der Waals surface area contributed by atoms with Crippen LogP contribution in [0.25, 0.3) is 11.1 Å². The average molecular weight is 401 g/mol. The van der Waals surface area contributed by atoms with Crippen molar-refractivity contribution in [2.24, 2.45) is 0 Å². The highest BCUT2D eigenvalue weighted by Crippen LogP contribution is 2.45. The molecule has 0 aliphatic carbocycles. The van der Waals surface area contributed by atoms with Crippen LogP contribution in [0.2, 0.25) is 10.0 Å². The summed E-state index contributed by atoms with van der Waals surface area (Å²) in [6.07, 6.45) is 0.145. The Bertz CT molecular complexity index is 924. The van der Waals surface area contributed by atoms with Crippen molar-refractivity contribution in [2.75, 3.05) is 13.2 Å². The van der Waals surface area contributed by atoms with Gasteiger partial charge in [0.05, 0.1) is 11.6 Å². The number of hydrogen-bond acceptors (Lipinski definition) is 3. The van der Waals surface area contributed by atoms with E-state index in [1.54, 1.807) is 6.07 Å². The Morgan fingerprint density at radius 1 is 0.852 bits per heavy atom. The molecular weight excluding hydrogens is 383 g/mol. The first kappa shape index (κ1) is 18.2. The predicted molar refractivity (Wildman–Crippen MR) is 108 cm³/mol. The monoisotopic (exact) mass is 400 g/mol. The molecule has 0 saturated carbocycles. The minimum Gasteiger partial charge on any atom is -0.487 e. The molecule has 3 aromatic carbocycles. The molecule has 0 radical (unpaired) electrons. The molecule has 1 unspecified atom stereocenters. The second-order valence-electron chi connectivity index (χ2n) is 6.27. The molecule has 1 fully saturated rings. The summed E-state index contributed by atoms with van der Waals surface area (Å²) < 4.78 is 17.4. The predicted octanol–water partition coefficient (Wildman–Crippen LogP) is 6.02. The molecule has 0 N–H and O–H groups in total. The van der Waals surface area contributed by atoms with Crippen LogP contribution in [0.15, 0.2) is 66.7 Å². The van der Waals surface area contributed by atoms with E-state index in [2.05, 4.69) is 0 Å². The normalized spacial score (nSPS) is 15.4. The molecule has 27 heavy (non-hydrogen) atoms. The van der Waals surface area contributed by atoms with E-state index >= 15 is 0 Å². The maximum Gasteiger partial charge on any atom is 0.171 e. The van der Waals surface area contributed by atoms with E-state index in [1.807, 2.05) is 60.7 Å². The van der Waals surface area contributed by atoms with Gasteiger partial charge in [-0.05, 0) is 23.8 Å². The van der Waals surface area contributed by atoms with E-state index < -0.39 is 0 Å². The van der Waals surface area contributed by atoms with Gasteiger partial charge in [0.2, 0.25) is 0 Å². The largest absolute Gasteiger partial charge is 0.487 e. The number of hydrogen-bond donors (Lipinski definition) is 0. The topological polar surface area (TPSA) is 31.0 Å². The van der Waals surface area contributed by atoms with E-state index in [0.29, 0.717) is 34.8 Å². The van der Waals surface area contributed by atoms with Gasteiger partial charge < -0.3 is 14.2 Å². The van der Waals surface area contributed by atoms with Gasteiger partial charge in [0.15, 0.2) is 11.5 Å². The summed E-state index contributed by atoms with van der Waals surface area (Å²) in [5.74, 6) is 1.21. The summed E-state index contributed by atoms with van der Waals surface area (Å²) in [4.78, 5) is 0. The number of rotatable bonds is 7. The molecule has 1 saturated heterocycles. The first-order valence-corrected chi connectivity index (χ1v) is 9.46. The summed E-state index contributed by atoms with van der Waals surface area (Å²) in [6.45, 7) is 1.60. The van der Waals surface area contributed by atoms with Crippen molar-refractivity contribution < 1.29 is 14.2 Å². The molecule has 1 heterocycles. The summed E-state index contributed by atoms with van der Waals surface area (Å²) >= 11 is 13.0. The minimum atomic E-state index is 0.145. The molecule has 0 spiro atoms. The van der Waals surface area contributed by atoms with Crippen LogP contribution in [-0.4, -0.2) is 19.3 Å². The van der Waals surface area contributed by atoms with Crippen molar-refractivity contribution in [3.8, 4) is 22.6 Å². The zero-order valence-corrected chi connectivity index (χ0v) is 16.0. The smallest absolute Gasteiger partial charge is 0.171 e. The molecule has 0 aromatic heterocycles. The number of ether oxygens (including phenoxy) is 3. The highest BCUT2D eigenvalue weighted by molar-refractivity contribution is 6.37. The first-order valence-electron chi connectivity index (χ1n) is 8.71. The van der Waals surface area contributed by atoms with Gasteiger partial charge >= 0.3 is 0 Å². The Balaban J connectivity index is 1.73. The standard InChI is InChI=1S/C22H18Cl2O3/c23-18-9-5-4-8-17(18)21-19(24)10-11-20(26-14-16-13-25-16)22(21)27-12-15-6-2-1-3-7-15/h1-11,16H,12-14H2. The maximum absolute atomic E-state index is 6.55. The van der Waals surface area contributed by atoms with E-state index in [4.69, 9.17) is 37.4 Å². The lowest BCUT2D eigenvalue weighted by Crippen LogP contribution is -2.07. The van der Waals surface area contributed by atoms with E-state index in [-0.39, 0.29) is 6.10 Å². The fourth-order valence-electron chi connectivity index (χ4n) is 2.79. The van der Waals surface area contributed by atoms with Crippen LogP contribution in [0.1, 0.15) is 5.56 Å². The van der Waals surface area contributed by atoms with Crippen LogP contribution in [0.3, 0.4) is 0 Å². The van der Waals surface area contributed by atoms with Crippen LogP contribution < -0.4 is 9.47 Å². The van der Waals surface area contributed by atoms with Gasteiger partial charge in [-0.1, -0.05) is 71.7 Å². The Morgan fingerprint density at radius 3 is 2.33 bits per heavy atom. The maximum atomic E-state index is 6.55. The molecule has 3 nitrogen and oxygen atoms in total. The molecule has 0 bridgehead atoms. The summed E-state index contributed by atoms with van der Waals surface area (Å²) in [5, 5.41) is 1.16. The first-order chi connectivity index (χ1) is 13.2. The Hall–Kier alpha value is -2.20. The zero-order chi connectivity index (χ0) is 18.6. The van der Waals surface area contributed by atoms with Crippen LogP contribution >= 0.6 is 23.2 Å². The van der Waals surface area contributed by atoms with Crippen molar-refractivity contribution in [2.45, 2.75) is 12.7 Å². The molecule has 1 aliphatic heterocycles. The Labute approximate surface area is 168 Å². The summed E-state index contributed by atoms with van der Waals surface area (Å²) in [6, 6.07) is 21.1. The zero-order valence-electron chi connectivity index (χ0n) is 14.5. The molecular formula is C22H18Cl2O3. The third-order valence-electron chi connectivity index (χ3n) is 4.27. The van der Waals surface area contributed by atoms with Crippen molar-refractivity contribution in [1.82, 2.24) is 0 Å². The Morgan fingerprint density at radius 2 is 1.59 bits per heavy atom. The van der Waals surface area contributed by atoms with E-state index in [9.17, 15) is 0 Å². The van der Waals surface area contributed by atoms with Gasteiger partial charge in [0.25, 0.3) is 0 Å². The molecule has 4 rings (SSSR count). The van der Waals surface area contributed by atoms with Gasteiger partial charge in [-0.25, -0.2) is 0 Å². The molecule has 5 heteroatoms. The molecule has 1 atom stereocenters. The number of epoxide rings is 1. The van der Waals surface area contributed by atoms with Crippen LogP contribution in [0.5, 0.6) is 11.5 Å². The lowest BCUT2D eigenvalue weighted by Gasteiger charge is -2.18. The molecule has 138 valence electrons.